The standard InChI is InChI=1S/C18H12F2N6O/c19-14-5-4-13(9-15(14)20)23-18(27)22-12-3-1-2-11(8-12)16-6-7-17-24-21-10-26(17)25-16/h1-10H,(H2,22,23,27). The zero-order valence-electron chi connectivity index (χ0n) is 13.7. The van der Waals surface area contributed by atoms with Gasteiger partial charge in [-0.25, -0.2) is 13.6 Å². The Bertz CT molecular complexity index is 1140. The van der Waals surface area contributed by atoms with Crippen LogP contribution in [0.4, 0.5) is 25.0 Å². The van der Waals surface area contributed by atoms with Crippen molar-refractivity contribution in [2.24, 2.45) is 0 Å². The third kappa shape index (κ3) is 3.56. The van der Waals surface area contributed by atoms with Crippen LogP contribution in [0.25, 0.3) is 16.9 Å². The fourth-order valence-electron chi connectivity index (χ4n) is 2.51. The van der Waals surface area contributed by atoms with Crippen molar-refractivity contribution in [2.75, 3.05) is 10.6 Å². The molecule has 7 nitrogen and oxygen atoms in total. The van der Waals surface area contributed by atoms with E-state index >= 15 is 0 Å². The van der Waals surface area contributed by atoms with Crippen LogP contribution in [0.5, 0.6) is 0 Å². The highest BCUT2D eigenvalue weighted by Gasteiger charge is 2.08. The maximum atomic E-state index is 13.2. The minimum absolute atomic E-state index is 0.141. The van der Waals surface area contributed by atoms with Gasteiger partial charge in [0.15, 0.2) is 17.3 Å². The molecular formula is C18H12F2N6O. The number of nitrogens with zero attached hydrogens (tertiary/aromatic N) is 4. The van der Waals surface area contributed by atoms with E-state index < -0.39 is 17.7 Å². The Morgan fingerprint density at radius 2 is 1.74 bits per heavy atom. The molecule has 2 aromatic carbocycles. The van der Waals surface area contributed by atoms with E-state index in [0.717, 1.165) is 17.7 Å². The number of carbonyl (C=O) groups is 1. The molecule has 2 heterocycles. The summed E-state index contributed by atoms with van der Waals surface area (Å²) in [6.07, 6.45) is 1.50. The summed E-state index contributed by atoms with van der Waals surface area (Å²) in [5.74, 6) is -2.02. The summed E-state index contributed by atoms with van der Waals surface area (Å²) in [5.41, 5.74) is 2.72. The van der Waals surface area contributed by atoms with Crippen molar-refractivity contribution in [1.29, 1.82) is 0 Å². The maximum absolute atomic E-state index is 13.2. The number of carbonyl (C=O) groups excluding carboxylic acids is 1. The van der Waals surface area contributed by atoms with Crippen LogP contribution in [-0.2, 0) is 0 Å². The van der Waals surface area contributed by atoms with Crippen LogP contribution < -0.4 is 10.6 Å². The molecule has 9 heteroatoms. The predicted octanol–water partition coefficient (Wildman–Crippen LogP) is 3.71. The largest absolute Gasteiger partial charge is 0.323 e. The minimum Gasteiger partial charge on any atom is -0.308 e. The van der Waals surface area contributed by atoms with Gasteiger partial charge in [0.1, 0.15) is 6.33 Å². The lowest BCUT2D eigenvalue weighted by atomic mass is 10.1. The Morgan fingerprint density at radius 3 is 2.56 bits per heavy atom. The van der Waals surface area contributed by atoms with Gasteiger partial charge in [-0.05, 0) is 36.4 Å². The lowest BCUT2D eigenvalue weighted by Crippen LogP contribution is -2.19. The normalized spacial score (nSPS) is 10.7. The summed E-state index contributed by atoms with van der Waals surface area (Å²) in [5, 5.41) is 17.2. The van der Waals surface area contributed by atoms with Gasteiger partial charge in [0, 0.05) is 23.0 Å². The molecule has 134 valence electrons. The molecule has 0 aliphatic heterocycles. The van der Waals surface area contributed by atoms with Gasteiger partial charge in [-0.1, -0.05) is 12.1 Å². The molecule has 2 amide bonds. The lowest BCUT2D eigenvalue weighted by Gasteiger charge is -2.09. The van der Waals surface area contributed by atoms with Gasteiger partial charge in [0.05, 0.1) is 5.69 Å². The molecule has 27 heavy (non-hydrogen) atoms. The Hall–Kier alpha value is -3.88. The van der Waals surface area contributed by atoms with E-state index in [1.54, 1.807) is 34.8 Å². The monoisotopic (exact) mass is 366 g/mol. The predicted molar refractivity (Wildman–Crippen MR) is 95.2 cm³/mol. The molecule has 0 atom stereocenters. The molecule has 0 saturated heterocycles. The second-order valence-corrected chi connectivity index (χ2v) is 5.64. The Morgan fingerprint density at radius 1 is 0.926 bits per heavy atom. The molecule has 0 fully saturated rings. The average Bonchev–Trinajstić information content (AvgIpc) is 3.12. The molecule has 4 aromatic rings. The van der Waals surface area contributed by atoms with Gasteiger partial charge in [-0.15, -0.1) is 10.2 Å². The van der Waals surface area contributed by atoms with Crippen LogP contribution in [0, 0.1) is 11.6 Å². The zero-order valence-corrected chi connectivity index (χ0v) is 13.7. The third-order valence-electron chi connectivity index (χ3n) is 3.76. The van der Waals surface area contributed by atoms with E-state index in [4.69, 9.17) is 0 Å². The van der Waals surface area contributed by atoms with E-state index in [1.807, 2.05) is 6.07 Å². The topological polar surface area (TPSA) is 84.2 Å². The Kier molecular flexibility index (Phi) is 4.17. The summed E-state index contributed by atoms with van der Waals surface area (Å²) >= 11 is 0. The van der Waals surface area contributed by atoms with Crippen molar-refractivity contribution in [2.45, 2.75) is 0 Å². The van der Waals surface area contributed by atoms with E-state index in [2.05, 4.69) is 25.9 Å². The first-order valence-corrected chi connectivity index (χ1v) is 7.89. The highest BCUT2D eigenvalue weighted by molar-refractivity contribution is 6.00. The van der Waals surface area contributed by atoms with Crippen molar-refractivity contribution in [3.63, 3.8) is 0 Å². The first-order valence-electron chi connectivity index (χ1n) is 7.89. The number of benzene rings is 2. The maximum Gasteiger partial charge on any atom is 0.323 e. The number of hydrogen-bond acceptors (Lipinski definition) is 4. The Balaban J connectivity index is 1.51. The van der Waals surface area contributed by atoms with Crippen molar-refractivity contribution in [3.8, 4) is 11.3 Å². The molecule has 0 unspecified atom stereocenters. The van der Waals surface area contributed by atoms with Crippen LogP contribution in [0.3, 0.4) is 0 Å². The fourth-order valence-corrected chi connectivity index (χ4v) is 2.51. The molecule has 4 rings (SSSR count). The summed E-state index contributed by atoms with van der Waals surface area (Å²) in [4.78, 5) is 12.1. The van der Waals surface area contributed by atoms with E-state index in [1.165, 1.54) is 12.4 Å². The van der Waals surface area contributed by atoms with Gasteiger partial charge < -0.3 is 10.6 Å². The van der Waals surface area contributed by atoms with E-state index in [0.29, 0.717) is 17.0 Å². The number of aromatic nitrogens is 4. The van der Waals surface area contributed by atoms with E-state index in [9.17, 15) is 13.6 Å². The second kappa shape index (κ2) is 6.79. The van der Waals surface area contributed by atoms with Crippen LogP contribution >= 0.6 is 0 Å². The molecule has 0 aliphatic rings. The number of anilines is 2. The highest BCUT2D eigenvalue weighted by Crippen LogP contribution is 2.21. The third-order valence-corrected chi connectivity index (χ3v) is 3.76. The average molecular weight is 366 g/mol. The van der Waals surface area contributed by atoms with Gasteiger partial charge >= 0.3 is 6.03 Å². The quantitative estimate of drug-likeness (QED) is 0.579. The molecule has 0 radical (unpaired) electrons. The molecule has 0 bridgehead atoms. The van der Waals surface area contributed by atoms with Crippen LogP contribution in [0.2, 0.25) is 0 Å². The molecular weight excluding hydrogens is 354 g/mol. The fraction of sp³-hybridized carbons (Fsp3) is 0. The summed E-state index contributed by atoms with van der Waals surface area (Å²) in [6, 6.07) is 13.2. The van der Waals surface area contributed by atoms with Crippen LogP contribution in [-0.4, -0.2) is 25.8 Å². The molecule has 0 aliphatic carbocycles. The number of rotatable bonds is 3. The van der Waals surface area contributed by atoms with Crippen LogP contribution in [0.15, 0.2) is 60.9 Å². The number of nitrogens with one attached hydrogen (secondary N) is 2. The number of halogens is 2. The number of urea groups is 1. The summed E-state index contributed by atoms with van der Waals surface area (Å²) < 4.78 is 27.7. The zero-order chi connectivity index (χ0) is 18.8. The van der Waals surface area contributed by atoms with Crippen molar-refractivity contribution in [3.05, 3.63) is 72.6 Å². The van der Waals surface area contributed by atoms with Crippen molar-refractivity contribution < 1.29 is 13.6 Å². The number of hydrogen-bond donors (Lipinski definition) is 2. The molecule has 0 saturated carbocycles. The number of amides is 2. The van der Waals surface area contributed by atoms with Gasteiger partial charge in [0.25, 0.3) is 0 Å². The SMILES string of the molecule is O=C(Nc1cccc(-c2ccc3nncn3n2)c1)Nc1ccc(F)c(F)c1. The first-order chi connectivity index (χ1) is 13.1. The minimum atomic E-state index is -1.04. The van der Waals surface area contributed by atoms with Gasteiger partial charge in [-0.2, -0.15) is 9.61 Å². The summed E-state index contributed by atoms with van der Waals surface area (Å²) in [6.45, 7) is 0. The molecule has 0 spiro atoms. The second-order valence-electron chi connectivity index (χ2n) is 5.64. The summed E-state index contributed by atoms with van der Waals surface area (Å²) in [7, 11) is 0. The molecule has 2 aromatic heterocycles. The van der Waals surface area contributed by atoms with E-state index in [-0.39, 0.29) is 5.69 Å². The lowest BCUT2D eigenvalue weighted by molar-refractivity contribution is 0.262. The van der Waals surface area contributed by atoms with Gasteiger partial charge in [-0.3, -0.25) is 0 Å². The first kappa shape index (κ1) is 16.6. The highest BCUT2D eigenvalue weighted by atomic mass is 19.2. The number of fused-ring (bicyclic) bond motifs is 1. The van der Waals surface area contributed by atoms with Crippen molar-refractivity contribution >= 4 is 23.1 Å². The van der Waals surface area contributed by atoms with Crippen LogP contribution in [0.1, 0.15) is 0 Å². The smallest absolute Gasteiger partial charge is 0.308 e. The molecule has 2 N–H and O–H groups in total. The van der Waals surface area contributed by atoms with Crippen molar-refractivity contribution in [1.82, 2.24) is 19.8 Å². The Labute approximate surface area is 151 Å². The van der Waals surface area contributed by atoms with Gasteiger partial charge in [0.2, 0.25) is 0 Å².